The number of benzene rings is 2. The first kappa shape index (κ1) is 12.6. The molecule has 0 aliphatic carbocycles. The van der Waals surface area contributed by atoms with Crippen LogP contribution in [0.2, 0.25) is 0 Å². The fourth-order valence-corrected chi connectivity index (χ4v) is 2.89. The van der Waals surface area contributed by atoms with Crippen LogP contribution in [0.15, 0.2) is 77.0 Å². The monoisotopic (exact) mass is 285 g/mol. The second kappa shape index (κ2) is 4.90. The van der Waals surface area contributed by atoms with Crippen LogP contribution in [0.25, 0.3) is 5.69 Å². The van der Waals surface area contributed by atoms with E-state index in [0.717, 1.165) is 5.69 Å². The first-order valence-electron chi connectivity index (χ1n) is 5.95. The van der Waals surface area contributed by atoms with Crippen molar-refractivity contribution in [1.29, 1.82) is 0 Å². The van der Waals surface area contributed by atoms with E-state index in [1.807, 2.05) is 30.3 Å². The van der Waals surface area contributed by atoms with E-state index in [4.69, 9.17) is 0 Å². The minimum absolute atomic E-state index is 0.186. The molecule has 1 heterocycles. The molecule has 0 atom stereocenters. The van der Waals surface area contributed by atoms with Crippen molar-refractivity contribution in [3.63, 3.8) is 0 Å². The number of hydrogen-bond acceptors (Lipinski definition) is 4. The van der Waals surface area contributed by atoms with Gasteiger partial charge in [0.05, 0.1) is 10.6 Å². The lowest BCUT2D eigenvalue weighted by Crippen LogP contribution is -2.05. The molecule has 0 fully saturated rings. The third kappa shape index (κ3) is 2.21. The Labute approximate surface area is 116 Å². The predicted octanol–water partition coefficient (Wildman–Crippen LogP) is 2.10. The average molecular weight is 285 g/mol. The molecule has 0 radical (unpaired) electrons. The summed E-state index contributed by atoms with van der Waals surface area (Å²) in [5, 5.41) is 3.84. The first-order valence-corrected chi connectivity index (χ1v) is 7.43. The third-order valence-electron chi connectivity index (χ3n) is 2.79. The van der Waals surface area contributed by atoms with Crippen LogP contribution in [0, 0.1) is 0 Å². The molecule has 6 heteroatoms. The van der Waals surface area contributed by atoms with Crippen LogP contribution in [-0.4, -0.2) is 23.2 Å². The Hall–Kier alpha value is -2.47. The molecule has 0 N–H and O–H groups in total. The van der Waals surface area contributed by atoms with Gasteiger partial charge in [0.15, 0.2) is 0 Å². The molecule has 3 aromatic rings. The molecule has 20 heavy (non-hydrogen) atoms. The van der Waals surface area contributed by atoms with E-state index in [-0.39, 0.29) is 10.1 Å². The van der Waals surface area contributed by atoms with Crippen molar-refractivity contribution in [3.05, 3.63) is 67.0 Å². The van der Waals surface area contributed by atoms with Gasteiger partial charge in [0.1, 0.15) is 6.33 Å². The topological polar surface area (TPSA) is 64.8 Å². The van der Waals surface area contributed by atoms with Gasteiger partial charge in [0.25, 0.3) is 5.16 Å². The fraction of sp³-hybridized carbons (Fsp3) is 0. The number of aromatic nitrogens is 3. The Kier molecular flexibility index (Phi) is 3.08. The van der Waals surface area contributed by atoms with Crippen LogP contribution < -0.4 is 0 Å². The Bertz CT molecular complexity index is 812. The van der Waals surface area contributed by atoms with Gasteiger partial charge in [0, 0.05) is 0 Å². The van der Waals surface area contributed by atoms with Crippen molar-refractivity contribution in [3.8, 4) is 5.69 Å². The van der Waals surface area contributed by atoms with Crippen LogP contribution in [0.3, 0.4) is 0 Å². The van der Waals surface area contributed by atoms with Gasteiger partial charge < -0.3 is 0 Å². The number of sulfone groups is 1. The van der Waals surface area contributed by atoms with Crippen molar-refractivity contribution in [1.82, 2.24) is 14.8 Å². The van der Waals surface area contributed by atoms with E-state index in [1.54, 1.807) is 18.2 Å². The number of rotatable bonds is 3. The summed E-state index contributed by atoms with van der Waals surface area (Å²) >= 11 is 0. The quantitative estimate of drug-likeness (QED) is 0.739. The molecule has 0 unspecified atom stereocenters. The van der Waals surface area contributed by atoms with Crippen LogP contribution in [0.1, 0.15) is 0 Å². The molecular formula is C14H11N3O2S. The normalized spacial score (nSPS) is 11.4. The van der Waals surface area contributed by atoms with Gasteiger partial charge in [-0.15, -0.1) is 5.10 Å². The summed E-state index contributed by atoms with van der Waals surface area (Å²) in [4.78, 5) is 4.09. The Morgan fingerprint density at radius 3 is 2.10 bits per heavy atom. The van der Waals surface area contributed by atoms with Crippen molar-refractivity contribution in [2.24, 2.45) is 0 Å². The van der Waals surface area contributed by atoms with Crippen molar-refractivity contribution in [2.45, 2.75) is 10.1 Å². The van der Waals surface area contributed by atoms with Gasteiger partial charge in [-0.1, -0.05) is 36.4 Å². The molecular weight excluding hydrogens is 274 g/mol. The van der Waals surface area contributed by atoms with Crippen LogP contribution in [-0.2, 0) is 9.84 Å². The molecule has 0 amide bonds. The largest absolute Gasteiger partial charge is 0.272 e. The van der Waals surface area contributed by atoms with E-state index in [1.165, 1.54) is 23.1 Å². The minimum Gasteiger partial charge on any atom is -0.220 e. The van der Waals surface area contributed by atoms with Crippen molar-refractivity contribution < 1.29 is 8.42 Å². The summed E-state index contributed by atoms with van der Waals surface area (Å²) in [6, 6.07) is 17.4. The lowest BCUT2D eigenvalue weighted by Gasteiger charge is -2.00. The molecule has 0 spiro atoms. The highest BCUT2D eigenvalue weighted by Crippen LogP contribution is 2.17. The summed E-state index contributed by atoms with van der Waals surface area (Å²) < 4.78 is 26.1. The lowest BCUT2D eigenvalue weighted by atomic mass is 10.3. The standard InChI is InChI=1S/C14H11N3O2S/c18-20(19,13-9-5-2-6-10-13)14-15-11-17(16-14)12-7-3-1-4-8-12/h1-11H. The molecule has 3 rings (SSSR count). The maximum atomic E-state index is 12.3. The number of para-hydroxylation sites is 1. The van der Waals surface area contributed by atoms with Gasteiger partial charge in [-0.2, -0.15) is 0 Å². The lowest BCUT2D eigenvalue weighted by molar-refractivity contribution is 0.586. The van der Waals surface area contributed by atoms with Gasteiger partial charge in [-0.25, -0.2) is 18.1 Å². The van der Waals surface area contributed by atoms with E-state index < -0.39 is 9.84 Å². The second-order valence-corrected chi connectivity index (χ2v) is 5.97. The zero-order chi connectivity index (χ0) is 14.0. The molecule has 5 nitrogen and oxygen atoms in total. The maximum Gasteiger partial charge on any atom is 0.272 e. The summed E-state index contributed by atoms with van der Waals surface area (Å²) in [6.45, 7) is 0. The molecule has 0 aliphatic heterocycles. The van der Waals surface area contributed by atoms with Gasteiger partial charge in [-0.3, -0.25) is 0 Å². The molecule has 0 saturated carbocycles. The minimum atomic E-state index is -3.67. The Morgan fingerprint density at radius 2 is 1.45 bits per heavy atom. The predicted molar refractivity (Wildman–Crippen MR) is 73.3 cm³/mol. The number of nitrogens with zero attached hydrogens (tertiary/aromatic N) is 3. The highest BCUT2D eigenvalue weighted by molar-refractivity contribution is 7.91. The molecule has 1 aromatic heterocycles. The van der Waals surface area contributed by atoms with Gasteiger partial charge in [0.2, 0.25) is 9.84 Å². The van der Waals surface area contributed by atoms with Crippen LogP contribution in [0.4, 0.5) is 0 Å². The van der Waals surface area contributed by atoms with Crippen molar-refractivity contribution in [2.75, 3.05) is 0 Å². The van der Waals surface area contributed by atoms with E-state index in [0.29, 0.717) is 0 Å². The molecule has 0 saturated heterocycles. The molecule has 100 valence electrons. The Morgan fingerprint density at radius 1 is 0.850 bits per heavy atom. The SMILES string of the molecule is O=S(=O)(c1ccccc1)c1ncn(-c2ccccc2)n1. The molecule has 0 bridgehead atoms. The van der Waals surface area contributed by atoms with E-state index >= 15 is 0 Å². The fourth-order valence-electron chi connectivity index (χ4n) is 1.78. The summed E-state index contributed by atoms with van der Waals surface area (Å²) in [5.41, 5.74) is 0.759. The van der Waals surface area contributed by atoms with Crippen molar-refractivity contribution >= 4 is 9.84 Å². The average Bonchev–Trinajstić information content (AvgIpc) is 3.00. The van der Waals surface area contributed by atoms with Gasteiger partial charge >= 0.3 is 0 Å². The molecule has 2 aromatic carbocycles. The smallest absolute Gasteiger partial charge is 0.220 e. The van der Waals surface area contributed by atoms with Gasteiger partial charge in [-0.05, 0) is 24.3 Å². The maximum absolute atomic E-state index is 12.3. The summed E-state index contributed by atoms with van der Waals surface area (Å²) in [6.07, 6.45) is 1.39. The second-order valence-electron chi connectivity index (χ2n) is 4.12. The van der Waals surface area contributed by atoms with E-state index in [9.17, 15) is 8.42 Å². The summed E-state index contributed by atoms with van der Waals surface area (Å²) in [5.74, 6) is 0. The third-order valence-corrected chi connectivity index (χ3v) is 4.35. The first-order chi connectivity index (χ1) is 9.68. The van der Waals surface area contributed by atoms with Crippen LogP contribution in [0.5, 0.6) is 0 Å². The molecule has 0 aliphatic rings. The van der Waals surface area contributed by atoms with E-state index in [2.05, 4.69) is 10.1 Å². The zero-order valence-corrected chi connectivity index (χ0v) is 11.2. The number of hydrogen-bond donors (Lipinski definition) is 0. The highest BCUT2D eigenvalue weighted by atomic mass is 32.2. The highest BCUT2D eigenvalue weighted by Gasteiger charge is 2.22. The Balaban J connectivity index is 2.03. The van der Waals surface area contributed by atoms with Crippen LogP contribution >= 0.6 is 0 Å². The summed E-state index contributed by atoms with van der Waals surface area (Å²) in [7, 11) is -3.67. The zero-order valence-electron chi connectivity index (χ0n) is 10.4.